The number of urea groups is 1. The van der Waals surface area contributed by atoms with Crippen LogP contribution in [0.4, 0.5) is 4.79 Å². The summed E-state index contributed by atoms with van der Waals surface area (Å²) in [4.78, 5) is 27.3. The second kappa shape index (κ2) is 6.95. The number of piperidine rings is 1. The van der Waals surface area contributed by atoms with Crippen molar-refractivity contribution in [2.24, 2.45) is 11.3 Å². The van der Waals surface area contributed by atoms with Crippen LogP contribution in [-0.2, 0) is 4.79 Å². The van der Waals surface area contributed by atoms with E-state index in [0.717, 1.165) is 19.4 Å². The highest BCUT2D eigenvalue weighted by molar-refractivity contribution is 5.78. The molecule has 1 rings (SSSR count). The van der Waals surface area contributed by atoms with Gasteiger partial charge in [0.1, 0.15) is 0 Å². The first-order valence-electron chi connectivity index (χ1n) is 7.56. The first-order valence-corrected chi connectivity index (χ1v) is 7.56. The minimum absolute atomic E-state index is 0.0376. The molecule has 0 saturated carbocycles. The van der Waals surface area contributed by atoms with Crippen molar-refractivity contribution in [3.8, 4) is 0 Å². The highest BCUT2D eigenvalue weighted by Gasteiger charge is 2.42. The lowest BCUT2D eigenvalue weighted by Gasteiger charge is -2.40. The van der Waals surface area contributed by atoms with Gasteiger partial charge in [0.25, 0.3) is 0 Å². The van der Waals surface area contributed by atoms with E-state index < -0.39 is 11.4 Å². The molecule has 1 N–H and O–H groups in total. The SMILES string of the molecule is CCC1(C(=O)O)CCCN(C(=O)N(C)CCC(C)C)C1. The zero-order valence-electron chi connectivity index (χ0n) is 13.2. The lowest BCUT2D eigenvalue weighted by molar-refractivity contribution is -0.152. The number of hydrogen-bond acceptors (Lipinski definition) is 2. The Labute approximate surface area is 121 Å². The summed E-state index contributed by atoms with van der Waals surface area (Å²) in [6, 6.07) is -0.0376. The maximum absolute atomic E-state index is 12.4. The van der Waals surface area contributed by atoms with Crippen LogP contribution in [0.2, 0.25) is 0 Å². The zero-order chi connectivity index (χ0) is 15.3. The molecular weight excluding hydrogens is 256 g/mol. The molecule has 20 heavy (non-hydrogen) atoms. The zero-order valence-corrected chi connectivity index (χ0v) is 13.2. The molecule has 0 aliphatic carbocycles. The molecule has 1 atom stereocenters. The lowest BCUT2D eigenvalue weighted by Crippen LogP contribution is -2.52. The Bertz CT molecular complexity index is 357. The van der Waals surface area contributed by atoms with Crippen LogP contribution < -0.4 is 0 Å². The van der Waals surface area contributed by atoms with E-state index in [-0.39, 0.29) is 6.03 Å². The Morgan fingerprint density at radius 2 is 2.05 bits per heavy atom. The van der Waals surface area contributed by atoms with Crippen molar-refractivity contribution >= 4 is 12.0 Å². The summed E-state index contributed by atoms with van der Waals surface area (Å²) in [7, 11) is 1.80. The van der Waals surface area contributed by atoms with Gasteiger partial charge in [0.05, 0.1) is 5.41 Å². The van der Waals surface area contributed by atoms with Crippen LogP contribution in [0.15, 0.2) is 0 Å². The van der Waals surface area contributed by atoms with Gasteiger partial charge in [-0.05, 0) is 31.6 Å². The van der Waals surface area contributed by atoms with Crippen LogP contribution in [0, 0.1) is 11.3 Å². The number of carbonyl (C=O) groups excluding carboxylic acids is 1. The number of nitrogens with zero attached hydrogens (tertiary/aromatic N) is 2. The van der Waals surface area contributed by atoms with Crippen molar-refractivity contribution in [3.63, 3.8) is 0 Å². The van der Waals surface area contributed by atoms with E-state index in [1.165, 1.54) is 0 Å². The van der Waals surface area contributed by atoms with Crippen molar-refractivity contribution in [2.45, 2.75) is 46.5 Å². The quantitative estimate of drug-likeness (QED) is 0.844. The van der Waals surface area contributed by atoms with Crippen molar-refractivity contribution in [2.75, 3.05) is 26.7 Å². The van der Waals surface area contributed by atoms with E-state index in [1.54, 1.807) is 16.8 Å². The van der Waals surface area contributed by atoms with Gasteiger partial charge >= 0.3 is 12.0 Å². The average Bonchev–Trinajstić information content (AvgIpc) is 2.43. The van der Waals surface area contributed by atoms with Crippen LogP contribution in [0.5, 0.6) is 0 Å². The summed E-state index contributed by atoms with van der Waals surface area (Å²) in [6.45, 7) is 7.88. The fourth-order valence-electron chi connectivity index (χ4n) is 2.70. The normalized spacial score (nSPS) is 22.9. The van der Waals surface area contributed by atoms with Crippen molar-refractivity contribution in [1.29, 1.82) is 0 Å². The third-order valence-corrected chi connectivity index (χ3v) is 4.35. The van der Waals surface area contributed by atoms with Gasteiger partial charge in [-0.2, -0.15) is 0 Å². The molecule has 0 aromatic carbocycles. The molecule has 5 nitrogen and oxygen atoms in total. The van der Waals surface area contributed by atoms with Crippen LogP contribution in [0.1, 0.15) is 46.5 Å². The van der Waals surface area contributed by atoms with E-state index in [0.29, 0.717) is 31.8 Å². The monoisotopic (exact) mass is 284 g/mol. The summed E-state index contributed by atoms with van der Waals surface area (Å²) in [5, 5.41) is 9.45. The fourth-order valence-corrected chi connectivity index (χ4v) is 2.70. The van der Waals surface area contributed by atoms with Crippen LogP contribution in [0.3, 0.4) is 0 Å². The Balaban J connectivity index is 2.66. The molecule has 5 heteroatoms. The Morgan fingerprint density at radius 3 is 2.55 bits per heavy atom. The number of rotatable bonds is 5. The Morgan fingerprint density at radius 1 is 1.40 bits per heavy atom. The van der Waals surface area contributed by atoms with E-state index in [1.807, 2.05) is 6.92 Å². The highest BCUT2D eigenvalue weighted by Crippen LogP contribution is 2.34. The summed E-state index contributed by atoms with van der Waals surface area (Å²) in [5.74, 6) is -0.220. The van der Waals surface area contributed by atoms with Crippen molar-refractivity contribution in [1.82, 2.24) is 9.80 Å². The first-order chi connectivity index (χ1) is 9.32. The number of likely N-dealkylation sites (tertiary alicyclic amines) is 1. The highest BCUT2D eigenvalue weighted by atomic mass is 16.4. The number of carbonyl (C=O) groups is 2. The number of aliphatic carboxylic acids is 1. The molecule has 1 aliphatic heterocycles. The maximum Gasteiger partial charge on any atom is 0.319 e. The molecule has 1 aliphatic rings. The molecule has 0 radical (unpaired) electrons. The van der Waals surface area contributed by atoms with Crippen molar-refractivity contribution < 1.29 is 14.7 Å². The smallest absolute Gasteiger partial charge is 0.319 e. The van der Waals surface area contributed by atoms with E-state index in [4.69, 9.17) is 0 Å². The molecule has 0 aromatic heterocycles. The van der Waals surface area contributed by atoms with Gasteiger partial charge in [-0.25, -0.2) is 4.79 Å². The third-order valence-electron chi connectivity index (χ3n) is 4.35. The fraction of sp³-hybridized carbons (Fsp3) is 0.867. The molecule has 1 fully saturated rings. The van der Waals surface area contributed by atoms with Gasteiger partial charge < -0.3 is 14.9 Å². The topological polar surface area (TPSA) is 60.9 Å². The van der Waals surface area contributed by atoms with Crippen LogP contribution in [0.25, 0.3) is 0 Å². The van der Waals surface area contributed by atoms with E-state index in [9.17, 15) is 14.7 Å². The van der Waals surface area contributed by atoms with Gasteiger partial charge in [-0.15, -0.1) is 0 Å². The maximum atomic E-state index is 12.4. The molecule has 116 valence electrons. The second-order valence-corrected chi connectivity index (χ2v) is 6.35. The predicted molar refractivity (Wildman–Crippen MR) is 78.6 cm³/mol. The number of carboxylic acid groups (broad SMARTS) is 1. The number of hydrogen-bond donors (Lipinski definition) is 1. The van der Waals surface area contributed by atoms with E-state index >= 15 is 0 Å². The summed E-state index contributed by atoms with van der Waals surface area (Å²) in [6.07, 6.45) is 2.97. The standard InChI is InChI=1S/C15H28N2O3/c1-5-15(13(18)19)8-6-9-17(11-15)14(20)16(4)10-7-12(2)3/h12H,5-11H2,1-4H3,(H,18,19). The molecule has 0 bridgehead atoms. The molecule has 1 heterocycles. The molecule has 2 amide bonds. The second-order valence-electron chi connectivity index (χ2n) is 6.35. The Hall–Kier alpha value is -1.26. The van der Waals surface area contributed by atoms with Gasteiger partial charge in [-0.1, -0.05) is 20.8 Å². The Kier molecular flexibility index (Phi) is 5.84. The summed E-state index contributed by atoms with van der Waals surface area (Å²) in [5.41, 5.74) is -0.757. The molecule has 0 aromatic rings. The predicted octanol–water partition coefficient (Wildman–Crippen LogP) is 2.66. The minimum atomic E-state index is -0.776. The molecule has 1 saturated heterocycles. The molecular formula is C15H28N2O3. The van der Waals surface area contributed by atoms with Gasteiger partial charge in [0.15, 0.2) is 0 Å². The average molecular weight is 284 g/mol. The number of carboxylic acids is 1. The van der Waals surface area contributed by atoms with E-state index in [2.05, 4.69) is 13.8 Å². The summed E-state index contributed by atoms with van der Waals surface area (Å²) < 4.78 is 0. The van der Waals surface area contributed by atoms with Crippen LogP contribution in [-0.4, -0.2) is 53.6 Å². The number of amides is 2. The van der Waals surface area contributed by atoms with Gasteiger partial charge in [0, 0.05) is 26.7 Å². The van der Waals surface area contributed by atoms with Crippen LogP contribution >= 0.6 is 0 Å². The molecule has 1 unspecified atom stereocenters. The largest absolute Gasteiger partial charge is 0.481 e. The molecule has 0 spiro atoms. The van der Waals surface area contributed by atoms with Gasteiger partial charge in [0.2, 0.25) is 0 Å². The third kappa shape index (κ3) is 3.87. The van der Waals surface area contributed by atoms with Crippen molar-refractivity contribution in [3.05, 3.63) is 0 Å². The first kappa shape index (κ1) is 16.8. The lowest BCUT2D eigenvalue weighted by atomic mass is 9.78. The minimum Gasteiger partial charge on any atom is -0.481 e. The summed E-state index contributed by atoms with van der Waals surface area (Å²) >= 11 is 0. The van der Waals surface area contributed by atoms with Gasteiger partial charge in [-0.3, -0.25) is 4.79 Å².